The molecule has 0 bridgehead atoms. The molecule has 1 aromatic carbocycles. The molecule has 0 aliphatic rings. The van der Waals surface area contributed by atoms with Gasteiger partial charge < -0.3 is 9.88 Å². The number of carbonyl (C=O) groups excluding carboxylic acids is 1. The number of pyridine rings is 1. The maximum absolute atomic E-state index is 12.5. The summed E-state index contributed by atoms with van der Waals surface area (Å²) in [5.41, 5.74) is 3.35. The first kappa shape index (κ1) is 15.3. The zero-order chi connectivity index (χ0) is 16.2. The van der Waals surface area contributed by atoms with Crippen LogP contribution >= 0.6 is 11.6 Å². The van der Waals surface area contributed by atoms with Gasteiger partial charge in [0.15, 0.2) is 0 Å². The van der Waals surface area contributed by atoms with Crippen LogP contribution in [0.2, 0.25) is 5.02 Å². The molecule has 0 spiro atoms. The van der Waals surface area contributed by atoms with E-state index >= 15 is 0 Å². The Morgan fingerprint density at radius 1 is 1.17 bits per heavy atom. The molecule has 0 saturated heterocycles. The SMILES string of the molecule is Cc1ncccc1-n1cccc1C(=O)NCc1ccc(Cl)cc1. The van der Waals surface area contributed by atoms with E-state index in [4.69, 9.17) is 11.6 Å². The second kappa shape index (κ2) is 6.67. The zero-order valence-electron chi connectivity index (χ0n) is 12.7. The Morgan fingerprint density at radius 3 is 2.70 bits per heavy atom. The van der Waals surface area contributed by atoms with Crippen molar-refractivity contribution < 1.29 is 4.79 Å². The molecular formula is C18H16ClN3O. The highest BCUT2D eigenvalue weighted by Crippen LogP contribution is 2.15. The van der Waals surface area contributed by atoms with E-state index in [0.717, 1.165) is 16.9 Å². The largest absolute Gasteiger partial charge is 0.347 e. The Labute approximate surface area is 139 Å². The summed E-state index contributed by atoms with van der Waals surface area (Å²) >= 11 is 5.86. The van der Waals surface area contributed by atoms with Crippen LogP contribution in [0.15, 0.2) is 60.9 Å². The second-order valence-electron chi connectivity index (χ2n) is 5.18. The average Bonchev–Trinajstić information content (AvgIpc) is 3.04. The van der Waals surface area contributed by atoms with Gasteiger partial charge >= 0.3 is 0 Å². The van der Waals surface area contributed by atoms with Crippen LogP contribution in [0.5, 0.6) is 0 Å². The molecule has 0 radical (unpaired) electrons. The normalized spacial score (nSPS) is 10.5. The molecule has 2 heterocycles. The van der Waals surface area contributed by atoms with Gasteiger partial charge in [0, 0.05) is 24.0 Å². The Hall–Kier alpha value is -2.59. The third-order valence-electron chi connectivity index (χ3n) is 3.59. The highest BCUT2D eigenvalue weighted by atomic mass is 35.5. The fourth-order valence-corrected chi connectivity index (χ4v) is 2.51. The lowest BCUT2D eigenvalue weighted by Crippen LogP contribution is -2.25. The molecule has 0 atom stereocenters. The number of benzene rings is 1. The Bertz CT molecular complexity index is 824. The van der Waals surface area contributed by atoms with Crippen LogP contribution in [0.1, 0.15) is 21.7 Å². The molecule has 0 fully saturated rings. The summed E-state index contributed by atoms with van der Waals surface area (Å²) < 4.78 is 1.85. The summed E-state index contributed by atoms with van der Waals surface area (Å²) in [6.45, 7) is 2.37. The molecule has 1 N–H and O–H groups in total. The molecule has 1 amide bonds. The van der Waals surface area contributed by atoms with Crippen molar-refractivity contribution in [3.05, 3.63) is 82.9 Å². The second-order valence-corrected chi connectivity index (χ2v) is 5.62. The third kappa shape index (κ3) is 3.43. The van der Waals surface area contributed by atoms with E-state index in [1.54, 1.807) is 12.3 Å². The Balaban J connectivity index is 1.77. The minimum atomic E-state index is -0.131. The molecule has 2 aromatic heterocycles. The van der Waals surface area contributed by atoms with Gasteiger partial charge in [0.05, 0.1) is 11.4 Å². The Kier molecular flexibility index (Phi) is 4.44. The molecule has 0 saturated carbocycles. The van der Waals surface area contributed by atoms with E-state index in [0.29, 0.717) is 17.3 Å². The summed E-state index contributed by atoms with van der Waals surface area (Å²) in [6, 6.07) is 14.9. The molecule has 3 rings (SSSR count). The van der Waals surface area contributed by atoms with Gasteiger partial charge in [0.2, 0.25) is 0 Å². The summed E-state index contributed by atoms with van der Waals surface area (Å²) in [5.74, 6) is -0.131. The van der Waals surface area contributed by atoms with Gasteiger partial charge in [0.1, 0.15) is 5.69 Å². The summed E-state index contributed by atoms with van der Waals surface area (Å²) in [6.07, 6.45) is 3.60. The van der Waals surface area contributed by atoms with Crippen LogP contribution < -0.4 is 5.32 Å². The lowest BCUT2D eigenvalue weighted by molar-refractivity contribution is 0.0944. The maximum Gasteiger partial charge on any atom is 0.268 e. The third-order valence-corrected chi connectivity index (χ3v) is 3.84. The van der Waals surface area contributed by atoms with E-state index < -0.39 is 0 Å². The van der Waals surface area contributed by atoms with Gasteiger partial charge in [-0.25, -0.2) is 0 Å². The molecular weight excluding hydrogens is 310 g/mol. The van der Waals surface area contributed by atoms with Crippen molar-refractivity contribution in [2.45, 2.75) is 13.5 Å². The van der Waals surface area contributed by atoms with Gasteiger partial charge in [0.25, 0.3) is 5.91 Å². The van der Waals surface area contributed by atoms with Gasteiger partial charge in [-0.05, 0) is 48.9 Å². The van der Waals surface area contributed by atoms with Crippen LogP contribution in [-0.4, -0.2) is 15.5 Å². The smallest absolute Gasteiger partial charge is 0.268 e. The topological polar surface area (TPSA) is 46.9 Å². The minimum Gasteiger partial charge on any atom is -0.347 e. The molecule has 4 nitrogen and oxygen atoms in total. The summed E-state index contributed by atoms with van der Waals surface area (Å²) in [5, 5.41) is 3.61. The molecule has 5 heteroatoms. The van der Waals surface area contributed by atoms with Crippen LogP contribution in [0.3, 0.4) is 0 Å². The first-order valence-corrected chi connectivity index (χ1v) is 7.65. The number of aromatic nitrogens is 2. The van der Waals surface area contributed by atoms with Crippen molar-refractivity contribution in [1.29, 1.82) is 0 Å². The van der Waals surface area contributed by atoms with Crippen molar-refractivity contribution in [3.8, 4) is 5.69 Å². The molecule has 0 aliphatic heterocycles. The number of amides is 1. The zero-order valence-corrected chi connectivity index (χ0v) is 13.4. The predicted octanol–water partition coefficient (Wildman–Crippen LogP) is 3.76. The number of nitrogens with one attached hydrogen (secondary N) is 1. The number of hydrogen-bond acceptors (Lipinski definition) is 2. The Morgan fingerprint density at radius 2 is 1.96 bits per heavy atom. The van der Waals surface area contributed by atoms with E-state index in [-0.39, 0.29) is 5.91 Å². The van der Waals surface area contributed by atoms with E-state index in [2.05, 4.69) is 10.3 Å². The number of aryl methyl sites for hydroxylation is 1. The number of carbonyl (C=O) groups is 1. The summed E-state index contributed by atoms with van der Waals surface area (Å²) in [4.78, 5) is 16.7. The highest BCUT2D eigenvalue weighted by molar-refractivity contribution is 6.30. The molecule has 0 aliphatic carbocycles. The van der Waals surface area contributed by atoms with Crippen LogP contribution in [0.4, 0.5) is 0 Å². The van der Waals surface area contributed by atoms with E-state index in [9.17, 15) is 4.79 Å². The van der Waals surface area contributed by atoms with Gasteiger partial charge in [-0.2, -0.15) is 0 Å². The minimum absolute atomic E-state index is 0.131. The number of rotatable bonds is 4. The molecule has 0 unspecified atom stereocenters. The monoisotopic (exact) mass is 325 g/mol. The van der Waals surface area contributed by atoms with E-state index in [1.165, 1.54) is 0 Å². The number of nitrogens with zero attached hydrogens (tertiary/aromatic N) is 2. The highest BCUT2D eigenvalue weighted by Gasteiger charge is 2.13. The number of hydrogen-bond donors (Lipinski definition) is 1. The molecule has 23 heavy (non-hydrogen) atoms. The van der Waals surface area contributed by atoms with Crippen LogP contribution in [0, 0.1) is 6.92 Å². The van der Waals surface area contributed by atoms with Crippen molar-refractivity contribution in [2.24, 2.45) is 0 Å². The fourth-order valence-electron chi connectivity index (χ4n) is 2.38. The van der Waals surface area contributed by atoms with Crippen molar-refractivity contribution in [2.75, 3.05) is 0 Å². The average molecular weight is 326 g/mol. The van der Waals surface area contributed by atoms with Crippen molar-refractivity contribution >= 4 is 17.5 Å². The number of halogens is 1. The molecule has 3 aromatic rings. The van der Waals surface area contributed by atoms with Crippen LogP contribution in [0.25, 0.3) is 5.69 Å². The quantitative estimate of drug-likeness (QED) is 0.793. The van der Waals surface area contributed by atoms with Crippen molar-refractivity contribution in [3.63, 3.8) is 0 Å². The van der Waals surface area contributed by atoms with E-state index in [1.807, 2.05) is 60.2 Å². The first-order valence-electron chi connectivity index (χ1n) is 7.27. The predicted molar refractivity (Wildman–Crippen MR) is 90.9 cm³/mol. The maximum atomic E-state index is 12.5. The first-order chi connectivity index (χ1) is 11.1. The lowest BCUT2D eigenvalue weighted by atomic mass is 10.2. The van der Waals surface area contributed by atoms with Gasteiger partial charge in [-0.15, -0.1) is 0 Å². The van der Waals surface area contributed by atoms with Gasteiger partial charge in [-0.3, -0.25) is 9.78 Å². The fraction of sp³-hybridized carbons (Fsp3) is 0.111. The van der Waals surface area contributed by atoms with Crippen molar-refractivity contribution in [1.82, 2.24) is 14.9 Å². The molecule has 116 valence electrons. The lowest BCUT2D eigenvalue weighted by Gasteiger charge is -2.11. The summed E-state index contributed by atoms with van der Waals surface area (Å²) in [7, 11) is 0. The van der Waals surface area contributed by atoms with Crippen LogP contribution in [-0.2, 0) is 6.54 Å². The standard InChI is InChI=1S/C18H16ClN3O/c1-13-16(4-2-10-20-13)22-11-3-5-17(22)18(23)21-12-14-6-8-15(19)9-7-14/h2-11H,12H2,1H3,(H,21,23). The van der Waals surface area contributed by atoms with Gasteiger partial charge in [-0.1, -0.05) is 23.7 Å².